The second-order valence-corrected chi connectivity index (χ2v) is 7.73. The molecule has 3 aromatic rings. The van der Waals surface area contributed by atoms with Crippen LogP contribution < -0.4 is 10.6 Å². The van der Waals surface area contributed by atoms with E-state index in [2.05, 4.69) is 25.8 Å². The minimum Gasteiger partial charge on any atom is -0.309 e. The van der Waals surface area contributed by atoms with Gasteiger partial charge in [0.25, 0.3) is 5.91 Å². The highest BCUT2D eigenvalue weighted by molar-refractivity contribution is 6.10. The van der Waals surface area contributed by atoms with Crippen molar-refractivity contribution in [1.29, 1.82) is 5.26 Å². The number of aromatic amines is 1. The molecule has 0 spiro atoms. The SMILES string of the molecule is CC(C)(C)N=C(NC(=O)c1cccc(C#N)c1)Nc1cc(-c2cc(F)cc(F)c2)[nH]n1. The number of halogens is 2. The number of rotatable bonds is 3. The number of hydrogen-bond donors (Lipinski definition) is 3. The molecule has 31 heavy (non-hydrogen) atoms. The van der Waals surface area contributed by atoms with Crippen molar-refractivity contribution in [3.8, 4) is 17.3 Å². The van der Waals surface area contributed by atoms with Gasteiger partial charge in [0.2, 0.25) is 5.96 Å². The van der Waals surface area contributed by atoms with Crippen LogP contribution in [-0.4, -0.2) is 27.6 Å². The van der Waals surface area contributed by atoms with E-state index in [4.69, 9.17) is 5.26 Å². The Balaban J connectivity index is 1.84. The molecule has 7 nitrogen and oxygen atoms in total. The van der Waals surface area contributed by atoms with Gasteiger partial charge in [-0.15, -0.1) is 0 Å². The van der Waals surface area contributed by atoms with Gasteiger partial charge in [0.05, 0.1) is 22.9 Å². The second kappa shape index (κ2) is 8.75. The first-order valence-corrected chi connectivity index (χ1v) is 9.33. The lowest BCUT2D eigenvalue weighted by Crippen LogP contribution is -2.38. The number of hydrogen-bond acceptors (Lipinski definition) is 4. The number of carbonyl (C=O) groups is 1. The summed E-state index contributed by atoms with van der Waals surface area (Å²) in [5, 5.41) is 21.4. The third-order valence-corrected chi connectivity index (χ3v) is 3.93. The van der Waals surface area contributed by atoms with Crippen molar-refractivity contribution in [2.75, 3.05) is 5.32 Å². The maximum absolute atomic E-state index is 13.5. The quantitative estimate of drug-likeness (QED) is 0.434. The van der Waals surface area contributed by atoms with Gasteiger partial charge in [0.1, 0.15) is 11.6 Å². The Morgan fingerprint density at radius 3 is 2.48 bits per heavy atom. The van der Waals surface area contributed by atoms with Gasteiger partial charge in [0.15, 0.2) is 5.82 Å². The molecule has 0 aliphatic heterocycles. The minimum atomic E-state index is -0.707. The lowest BCUT2D eigenvalue weighted by Gasteiger charge is -2.17. The van der Waals surface area contributed by atoms with Crippen molar-refractivity contribution in [2.24, 2.45) is 4.99 Å². The molecular weight excluding hydrogens is 402 g/mol. The predicted octanol–water partition coefficient (Wildman–Crippen LogP) is 4.22. The summed E-state index contributed by atoms with van der Waals surface area (Å²) in [6.07, 6.45) is 0. The van der Waals surface area contributed by atoms with Crippen molar-refractivity contribution < 1.29 is 13.6 Å². The zero-order valence-electron chi connectivity index (χ0n) is 17.1. The molecule has 9 heteroatoms. The third kappa shape index (κ3) is 5.96. The fourth-order valence-corrected chi connectivity index (χ4v) is 2.70. The summed E-state index contributed by atoms with van der Waals surface area (Å²) in [5.74, 6) is -1.46. The number of aromatic nitrogens is 2. The first-order chi connectivity index (χ1) is 14.6. The molecule has 2 aromatic carbocycles. The maximum Gasteiger partial charge on any atom is 0.258 e. The topological polar surface area (TPSA) is 106 Å². The van der Waals surface area contributed by atoms with E-state index in [0.717, 1.165) is 6.07 Å². The van der Waals surface area contributed by atoms with Gasteiger partial charge in [0, 0.05) is 23.3 Å². The van der Waals surface area contributed by atoms with Crippen LogP contribution in [0.2, 0.25) is 0 Å². The van der Waals surface area contributed by atoms with Crippen molar-refractivity contribution in [3.05, 3.63) is 71.3 Å². The molecule has 0 radical (unpaired) electrons. The van der Waals surface area contributed by atoms with E-state index < -0.39 is 23.1 Å². The molecule has 1 heterocycles. The number of carbonyl (C=O) groups excluding carboxylic acids is 1. The molecule has 0 saturated heterocycles. The molecule has 0 fully saturated rings. The molecule has 0 unspecified atom stereocenters. The van der Waals surface area contributed by atoms with Gasteiger partial charge < -0.3 is 5.32 Å². The van der Waals surface area contributed by atoms with E-state index in [-0.39, 0.29) is 17.3 Å². The van der Waals surface area contributed by atoms with Crippen molar-refractivity contribution in [1.82, 2.24) is 15.5 Å². The molecule has 3 rings (SSSR count). The van der Waals surface area contributed by atoms with Crippen LogP contribution in [0.3, 0.4) is 0 Å². The van der Waals surface area contributed by atoms with E-state index in [0.29, 0.717) is 16.8 Å². The van der Waals surface area contributed by atoms with Crippen LogP contribution in [0, 0.1) is 23.0 Å². The Morgan fingerprint density at radius 2 is 1.84 bits per heavy atom. The third-order valence-electron chi connectivity index (χ3n) is 3.93. The second-order valence-electron chi connectivity index (χ2n) is 7.73. The number of benzene rings is 2. The number of anilines is 1. The lowest BCUT2D eigenvalue weighted by atomic mass is 10.1. The van der Waals surface area contributed by atoms with E-state index >= 15 is 0 Å². The van der Waals surface area contributed by atoms with Crippen LogP contribution in [0.4, 0.5) is 14.6 Å². The van der Waals surface area contributed by atoms with Crippen LogP contribution in [0.25, 0.3) is 11.3 Å². The minimum absolute atomic E-state index is 0.128. The molecule has 0 aliphatic carbocycles. The van der Waals surface area contributed by atoms with Crippen molar-refractivity contribution >= 4 is 17.7 Å². The Labute approximate surface area is 177 Å². The van der Waals surface area contributed by atoms with E-state index in [1.54, 1.807) is 18.2 Å². The summed E-state index contributed by atoms with van der Waals surface area (Å²) >= 11 is 0. The average molecular weight is 422 g/mol. The maximum atomic E-state index is 13.5. The van der Waals surface area contributed by atoms with Gasteiger partial charge in [-0.05, 0) is 51.1 Å². The lowest BCUT2D eigenvalue weighted by molar-refractivity contribution is 0.0976. The molecule has 1 aromatic heterocycles. The van der Waals surface area contributed by atoms with Crippen LogP contribution in [0.15, 0.2) is 53.5 Å². The van der Waals surface area contributed by atoms with E-state index in [9.17, 15) is 13.6 Å². The van der Waals surface area contributed by atoms with Crippen molar-refractivity contribution in [2.45, 2.75) is 26.3 Å². The number of guanidine groups is 1. The van der Waals surface area contributed by atoms with Crippen LogP contribution in [0.1, 0.15) is 36.7 Å². The zero-order chi connectivity index (χ0) is 22.6. The summed E-state index contributed by atoms with van der Waals surface area (Å²) in [6, 6.07) is 12.9. The molecule has 0 bridgehead atoms. The molecule has 0 saturated carbocycles. The Hall–Kier alpha value is -4.06. The molecule has 0 aliphatic rings. The largest absolute Gasteiger partial charge is 0.309 e. The van der Waals surface area contributed by atoms with Crippen LogP contribution >= 0.6 is 0 Å². The Bertz CT molecular complexity index is 1170. The van der Waals surface area contributed by atoms with Gasteiger partial charge >= 0.3 is 0 Å². The average Bonchev–Trinajstić information content (AvgIpc) is 3.14. The Morgan fingerprint density at radius 1 is 1.13 bits per heavy atom. The number of aliphatic imine (C=N–C) groups is 1. The number of nitrogens with one attached hydrogen (secondary N) is 3. The van der Waals surface area contributed by atoms with Gasteiger partial charge in [-0.1, -0.05) is 6.07 Å². The van der Waals surface area contributed by atoms with E-state index in [1.165, 1.54) is 24.3 Å². The zero-order valence-corrected chi connectivity index (χ0v) is 17.1. The van der Waals surface area contributed by atoms with Gasteiger partial charge in [-0.3, -0.25) is 15.2 Å². The standard InChI is InChI=1S/C22H20F2N6O/c1-22(2,3)28-21(27-20(31)14-6-4-5-13(7-14)12-25)26-19-11-18(29-30-19)15-8-16(23)10-17(24)9-15/h4-11H,1-3H3,(H3,26,27,28,29,30,31). The number of nitriles is 1. The normalized spacial score (nSPS) is 11.7. The molecule has 3 N–H and O–H groups in total. The summed E-state index contributed by atoms with van der Waals surface area (Å²) in [5.41, 5.74) is 0.776. The predicted molar refractivity (Wildman–Crippen MR) is 113 cm³/mol. The highest BCUT2D eigenvalue weighted by Crippen LogP contribution is 2.22. The smallest absolute Gasteiger partial charge is 0.258 e. The molecular formula is C22H20F2N6O. The summed E-state index contributed by atoms with van der Waals surface area (Å²) in [4.78, 5) is 17.1. The van der Waals surface area contributed by atoms with Crippen LogP contribution in [0.5, 0.6) is 0 Å². The number of amides is 1. The Kier molecular flexibility index (Phi) is 6.11. The van der Waals surface area contributed by atoms with Crippen molar-refractivity contribution in [3.63, 3.8) is 0 Å². The van der Waals surface area contributed by atoms with Gasteiger partial charge in [-0.2, -0.15) is 10.4 Å². The monoisotopic (exact) mass is 422 g/mol. The van der Waals surface area contributed by atoms with Gasteiger partial charge in [-0.25, -0.2) is 13.8 Å². The highest BCUT2D eigenvalue weighted by atomic mass is 19.1. The van der Waals surface area contributed by atoms with E-state index in [1.807, 2.05) is 26.8 Å². The molecule has 1 amide bonds. The summed E-state index contributed by atoms with van der Waals surface area (Å²) < 4.78 is 27.0. The van der Waals surface area contributed by atoms with Crippen LogP contribution in [-0.2, 0) is 0 Å². The summed E-state index contributed by atoms with van der Waals surface area (Å²) in [6.45, 7) is 5.55. The fourth-order valence-electron chi connectivity index (χ4n) is 2.70. The molecule has 0 atom stereocenters. The molecule has 158 valence electrons. The first kappa shape index (κ1) is 21.6. The first-order valence-electron chi connectivity index (χ1n) is 9.33. The highest BCUT2D eigenvalue weighted by Gasteiger charge is 2.16. The number of nitrogens with zero attached hydrogens (tertiary/aromatic N) is 3. The fraction of sp³-hybridized carbons (Fsp3) is 0.182. The number of H-pyrrole nitrogens is 1. The summed E-state index contributed by atoms with van der Waals surface area (Å²) in [7, 11) is 0.